The standard InChI is InChI=1S/C4HF2N2/c5-3-1-2-7-8-4(3)6/h1H. The zero-order chi connectivity index (χ0) is 5.98. The highest BCUT2D eigenvalue weighted by Gasteiger charge is 1.97. The van der Waals surface area contributed by atoms with Gasteiger partial charge in [-0.15, -0.1) is 10.2 Å². The van der Waals surface area contributed by atoms with E-state index in [2.05, 4.69) is 10.2 Å². The van der Waals surface area contributed by atoms with Gasteiger partial charge in [-0.1, -0.05) is 0 Å². The lowest BCUT2D eigenvalue weighted by molar-refractivity contribution is 0.464. The summed E-state index contributed by atoms with van der Waals surface area (Å²) in [4.78, 5) is 0. The summed E-state index contributed by atoms with van der Waals surface area (Å²) in [5.41, 5.74) is 0. The topological polar surface area (TPSA) is 25.8 Å². The SMILES string of the molecule is Fc1c[c]nnc1F. The first kappa shape index (κ1) is 5.08. The first-order valence-electron chi connectivity index (χ1n) is 1.85. The average molecular weight is 115 g/mol. The van der Waals surface area contributed by atoms with Crippen LogP contribution in [-0.4, -0.2) is 10.2 Å². The molecule has 0 aliphatic rings. The van der Waals surface area contributed by atoms with Crippen LogP contribution in [0.5, 0.6) is 0 Å². The Labute approximate surface area is 44.2 Å². The minimum atomic E-state index is -1.19. The molecule has 0 unspecified atom stereocenters. The van der Waals surface area contributed by atoms with Crippen LogP contribution in [0, 0.1) is 18.0 Å². The van der Waals surface area contributed by atoms with Gasteiger partial charge in [0.1, 0.15) is 6.20 Å². The summed E-state index contributed by atoms with van der Waals surface area (Å²) in [5, 5.41) is 5.69. The Balaban J connectivity index is 3.13. The second-order valence-corrected chi connectivity index (χ2v) is 1.11. The first-order chi connectivity index (χ1) is 3.80. The molecule has 0 saturated heterocycles. The Bertz CT molecular complexity index is 168. The molecule has 0 amide bonds. The molecule has 0 saturated carbocycles. The fourth-order valence-electron chi connectivity index (χ4n) is 0.266. The van der Waals surface area contributed by atoms with E-state index in [4.69, 9.17) is 0 Å². The predicted octanol–water partition coefficient (Wildman–Crippen LogP) is 0.555. The largest absolute Gasteiger partial charge is 0.268 e. The Morgan fingerprint density at radius 2 is 2.25 bits per heavy atom. The van der Waals surface area contributed by atoms with Crippen molar-refractivity contribution in [2.75, 3.05) is 0 Å². The molecule has 0 aromatic carbocycles. The van der Waals surface area contributed by atoms with Gasteiger partial charge >= 0.3 is 0 Å². The highest BCUT2D eigenvalue weighted by molar-refractivity contribution is 4.87. The van der Waals surface area contributed by atoms with Crippen molar-refractivity contribution in [3.05, 3.63) is 24.0 Å². The van der Waals surface area contributed by atoms with Crippen molar-refractivity contribution >= 4 is 0 Å². The zero-order valence-electron chi connectivity index (χ0n) is 3.73. The van der Waals surface area contributed by atoms with Gasteiger partial charge in [0.05, 0.1) is 0 Å². The van der Waals surface area contributed by atoms with Crippen LogP contribution in [0.15, 0.2) is 6.07 Å². The summed E-state index contributed by atoms with van der Waals surface area (Å²) in [7, 11) is 0. The van der Waals surface area contributed by atoms with Gasteiger partial charge < -0.3 is 0 Å². The molecular weight excluding hydrogens is 114 g/mol. The molecule has 1 heterocycles. The van der Waals surface area contributed by atoms with Gasteiger partial charge in [0.2, 0.25) is 0 Å². The molecule has 1 rings (SSSR count). The summed E-state index contributed by atoms with van der Waals surface area (Å²) >= 11 is 0. The summed E-state index contributed by atoms with van der Waals surface area (Å²) in [5.74, 6) is -2.22. The van der Waals surface area contributed by atoms with E-state index in [0.29, 0.717) is 0 Å². The van der Waals surface area contributed by atoms with Crippen LogP contribution in [0.25, 0.3) is 0 Å². The molecule has 0 fully saturated rings. The molecule has 0 spiro atoms. The molecule has 8 heavy (non-hydrogen) atoms. The van der Waals surface area contributed by atoms with Crippen molar-refractivity contribution in [3.8, 4) is 0 Å². The molecule has 0 N–H and O–H groups in total. The van der Waals surface area contributed by atoms with E-state index < -0.39 is 11.8 Å². The molecule has 0 aliphatic heterocycles. The van der Waals surface area contributed by atoms with Gasteiger partial charge in [-0.3, -0.25) is 0 Å². The summed E-state index contributed by atoms with van der Waals surface area (Å²) in [6, 6.07) is 0.780. The number of nitrogens with zero attached hydrogens (tertiary/aromatic N) is 2. The van der Waals surface area contributed by atoms with E-state index in [1.807, 2.05) is 6.20 Å². The molecule has 0 aliphatic carbocycles. The summed E-state index contributed by atoms with van der Waals surface area (Å²) in [6.07, 6.45) is 2.03. The van der Waals surface area contributed by atoms with Gasteiger partial charge in [0.15, 0.2) is 5.82 Å². The first-order valence-corrected chi connectivity index (χ1v) is 1.85. The average Bonchev–Trinajstić information content (AvgIpc) is 1.77. The Morgan fingerprint density at radius 1 is 1.50 bits per heavy atom. The molecule has 2 nitrogen and oxygen atoms in total. The van der Waals surface area contributed by atoms with E-state index in [1.165, 1.54) is 0 Å². The van der Waals surface area contributed by atoms with Crippen LogP contribution >= 0.6 is 0 Å². The lowest BCUT2D eigenvalue weighted by atomic mass is 10.6. The van der Waals surface area contributed by atoms with Crippen LogP contribution in [0.3, 0.4) is 0 Å². The van der Waals surface area contributed by atoms with Crippen molar-refractivity contribution in [2.45, 2.75) is 0 Å². The molecular formula is C4HF2N2. The maximum Gasteiger partial charge on any atom is 0.268 e. The van der Waals surface area contributed by atoms with E-state index in [-0.39, 0.29) is 0 Å². The van der Waals surface area contributed by atoms with Crippen LogP contribution in [0.2, 0.25) is 0 Å². The molecule has 41 valence electrons. The van der Waals surface area contributed by atoms with Crippen LogP contribution < -0.4 is 0 Å². The number of hydrogen-bond donors (Lipinski definition) is 0. The van der Waals surface area contributed by atoms with Crippen molar-refractivity contribution < 1.29 is 8.78 Å². The second-order valence-electron chi connectivity index (χ2n) is 1.11. The predicted molar refractivity (Wildman–Crippen MR) is 20.8 cm³/mol. The fourth-order valence-corrected chi connectivity index (χ4v) is 0.266. The van der Waals surface area contributed by atoms with Crippen molar-refractivity contribution in [1.82, 2.24) is 10.2 Å². The normalized spacial score (nSPS) is 9.25. The van der Waals surface area contributed by atoms with Crippen molar-refractivity contribution in [2.24, 2.45) is 0 Å². The number of halogens is 2. The maximum absolute atomic E-state index is 11.8. The summed E-state index contributed by atoms with van der Waals surface area (Å²) in [6.45, 7) is 0. The van der Waals surface area contributed by atoms with Crippen LogP contribution in [0.4, 0.5) is 8.78 Å². The molecule has 1 aromatic rings. The van der Waals surface area contributed by atoms with E-state index in [1.54, 1.807) is 0 Å². The van der Waals surface area contributed by atoms with Gasteiger partial charge in [-0.25, -0.2) is 4.39 Å². The Morgan fingerprint density at radius 3 is 2.62 bits per heavy atom. The lowest BCUT2D eigenvalue weighted by Gasteiger charge is -1.82. The van der Waals surface area contributed by atoms with E-state index >= 15 is 0 Å². The quantitative estimate of drug-likeness (QED) is 0.493. The minimum Gasteiger partial charge on any atom is -0.202 e. The van der Waals surface area contributed by atoms with Gasteiger partial charge in [0, 0.05) is 6.07 Å². The maximum atomic E-state index is 11.8. The summed E-state index contributed by atoms with van der Waals surface area (Å²) < 4.78 is 23.6. The van der Waals surface area contributed by atoms with Crippen molar-refractivity contribution in [3.63, 3.8) is 0 Å². The van der Waals surface area contributed by atoms with Crippen LogP contribution in [0.1, 0.15) is 0 Å². The monoisotopic (exact) mass is 115 g/mol. The van der Waals surface area contributed by atoms with Gasteiger partial charge in [0.25, 0.3) is 5.95 Å². The number of aromatic nitrogens is 2. The molecule has 0 bridgehead atoms. The third-order valence-corrected chi connectivity index (χ3v) is 0.584. The number of hydrogen-bond acceptors (Lipinski definition) is 2. The lowest BCUT2D eigenvalue weighted by Crippen LogP contribution is -1.89. The molecule has 0 atom stereocenters. The van der Waals surface area contributed by atoms with Gasteiger partial charge in [-0.2, -0.15) is 4.39 Å². The third-order valence-electron chi connectivity index (χ3n) is 0.584. The molecule has 1 radical (unpaired) electrons. The highest BCUT2D eigenvalue weighted by atomic mass is 19.2. The zero-order valence-corrected chi connectivity index (χ0v) is 3.73. The number of rotatable bonds is 0. The third kappa shape index (κ3) is 0.776. The van der Waals surface area contributed by atoms with E-state index in [0.717, 1.165) is 6.07 Å². The highest BCUT2D eigenvalue weighted by Crippen LogP contribution is 1.94. The molecule has 4 heteroatoms. The Kier molecular flexibility index (Phi) is 1.15. The van der Waals surface area contributed by atoms with Crippen molar-refractivity contribution in [1.29, 1.82) is 0 Å². The Hall–Kier alpha value is -1.06. The second kappa shape index (κ2) is 1.81. The smallest absolute Gasteiger partial charge is 0.202 e. The van der Waals surface area contributed by atoms with Crippen LogP contribution in [-0.2, 0) is 0 Å². The minimum absolute atomic E-state index is 0.780. The van der Waals surface area contributed by atoms with Gasteiger partial charge in [-0.05, 0) is 0 Å². The van der Waals surface area contributed by atoms with E-state index in [9.17, 15) is 8.78 Å². The molecule has 1 aromatic heterocycles. The fraction of sp³-hybridized carbons (Fsp3) is 0.